The van der Waals surface area contributed by atoms with Gasteiger partial charge in [0.1, 0.15) is 0 Å². The van der Waals surface area contributed by atoms with E-state index in [1.165, 1.54) is 25.7 Å². The second-order valence-corrected chi connectivity index (χ2v) is 8.34. The summed E-state index contributed by atoms with van der Waals surface area (Å²) >= 11 is 0. The molecule has 1 nitrogen and oxygen atoms in total. The quantitative estimate of drug-likeness (QED) is 0.374. The first kappa shape index (κ1) is 19.4. The van der Waals surface area contributed by atoms with Crippen LogP contribution in [0.3, 0.4) is 0 Å². The number of hydrogen-bond acceptors (Lipinski definition) is 1. The highest BCUT2D eigenvalue weighted by molar-refractivity contribution is 5.33. The lowest BCUT2D eigenvalue weighted by atomic mass is 9.68. The van der Waals surface area contributed by atoms with Crippen molar-refractivity contribution in [1.29, 1.82) is 0 Å². The molecule has 1 aromatic carbocycles. The largest absolute Gasteiger partial charge is 0.490 e. The number of rotatable bonds is 6. The topological polar surface area (TPSA) is 9.23 Å². The van der Waals surface area contributed by atoms with Crippen molar-refractivity contribution < 1.29 is 16.4 Å². The minimum absolute atomic E-state index is 0. The maximum Gasteiger partial charge on any atom is 0.200 e. The summed E-state index contributed by atoms with van der Waals surface area (Å²) in [6.07, 6.45) is 12.0. The number of halogens is 2. The molecule has 26 heavy (non-hydrogen) atoms. The number of hydrogen-bond donors (Lipinski definition) is 0. The predicted octanol–water partition coefficient (Wildman–Crippen LogP) is 7.51. The first-order chi connectivity index (χ1) is 12.6. The lowest BCUT2D eigenvalue weighted by molar-refractivity contribution is 0.164. The molecular weight excluding hydrogens is 330 g/mol. The van der Waals surface area contributed by atoms with Gasteiger partial charge in [-0.2, -0.15) is 4.39 Å². The number of ether oxygens (including phenoxy) is 1. The molecule has 1 aromatic rings. The monoisotopic (exact) mass is 366 g/mol. The Bertz CT molecular complexity index is 607. The van der Waals surface area contributed by atoms with Crippen LogP contribution < -0.4 is 4.74 Å². The van der Waals surface area contributed by atoms with Crippen LogP contribution >= 0.6 is 0 Å². The Morgan fingerprint density at radius 3 is 2.23 bits per heavy atom. The van der Waals surface area contributed by atoms with E-state index in [2.05, 4.69) is 13.5 Å². The molecule has 0 aliphatic heterocycles. The molecule has 0 heterocycles. The Hall–Kier alpha value is -1.38. The van der Waals surface area contributed by atoms with Crippen LogP contribution in [0.4, 0.5) is 8.78 Å². The minimum Gasteiger partial charge on any atom is -0.490 e. The van der Waals surface area contributed by atoms with Crippen molar-refractivity contribution in [2.45, 2.75) is 70.6 Å². The van der Waals surface area contributed by atoms with E-state index in [0.29, 0.717) is 18.6 Å². The van der Waals surface area contributed by atoms with Crippen LogP contribution in [-0.2, 0) is 0 Å². The van der Waals surface area contributed by atoms with Gasteiger partial charge in [-0.15, -0.1) is 6.58 Å². The molecule has 0 bridgehead atoms. The second-order valence-electron chi connectivity index (χ2n) is 8.34. The molecule has 3 rings (SSSR count). The highest BCUT2D eigenvalue weighted by Gasteiger charge is 2.32. The third kappa shape index (κ3) is 4.47. The van der Waals surface area contributed by atoms with Crippen LogP contribution in [0.15, 0.2) is 24.8 Å². The van der Waals surface area contributed by atoms with Gasteiger partial charge in [-0.05, 0) is 80.2 Å². The zero-order chi connectivity index (χ0) is 18.5. The van der Waals surface area contributed by atoms with Crippen molar-refractivity contribution in [2.24, 2.45) is 17.8 Å². The summed E-state index contributed by atoms with van der Waals surface area (Å²) in [5.41, 5.74) is 0.536. The van der Waals surface area contributed by atoms with Gasteiger partial charge in [0.15, 0.2) is 11.6 Å². The molecular formula is C23H36F2O. The molecule has 148 valence electrons. The van der Waals surface area contributed by atoms with Crippen molar-refractivity contribution in [3.63, 3.8) is 0 Å². The molecule has 2 fully saturated rings. The molecule has 0 N–H and O–H groups in total. The van der Waals surface area contributed by atoms with Crippen LogP contribution in [-0.4, -0.2) is 6.61 Å². The van der Waals surface area contributed by atoms with Crippen molar-refractivity contribution >= 4 is 0 Å². The highest BCUT2D eigenvalue weighted by Crippen LogP contribution is 2.44. The van der Waals surface area contributed by atoms with Crippen LogP contribution in [0.25, 0.3) is 0 Å². The fraction of sp³-hybridized carbons (Fsp3) is 0.652. The van der Waals surface area contributed by atoms with Crippen LogP contribution in [0.5, 0.6) is 5.75 Å². The summed E-state index contributed by atoms with van der Waals surface area (Å²) in [4.78, 5) is 0. The minimum atomic E-state index is -0.838. The SMILES string of the molecule is C=CCCOc1ccc(C2CCC(C3CCC(C)CC3)CC2)c(F)c1F.[HH].[HH]. The first-order valence-corrected chi connectivity index (χ1v) is 10.3. The van der Waals surface area contributed by atoms with E-state index in [-0.39, 0.29) is 14.5 Å². The zero-order valence-corrected chi connectivity index (χ0v) is 16.0. The van der Waals surface area contributed by atoms with E-state index in [4.69, 9.17) is 4.74 Å². The zero-order valence-electron chi connectivity index (χ0n) is 16.0. The van der Waals surface area contributed by atoms with Crippen LogP contribution in [0.2, 0.25) is 0 Å². The van der Waals surface area contributed by atoms with Gasteiger partial charge in [-0.3, -0.25) is 0 Å². The molecule has 2 aliphatic carbocycles. The van der Waals surface area contributed by atoms with Gasteiger partial charge in [0, 0.05) is 2.85 Å². The molecule has 0 aromatic heterocycles. The average Bonchev–Trinajstić information content (AvgIpc) is 2.66. The summed E-state index contributed by atoms with van der Waals surface area (Å²) < 4.78 is 34.2. The Labute approximate surface area is 159 Å². The molecule has 0 atom stereocenters. The number of benzene rings is 1. The molecule has 3 heteroatoms. The maximum atomic E-state index is 14.6. The summed E-state index contributed by atoms with van der Waals surface area (Å²) in [6.45, 7) is 6.28. The summed E-state index contributed by atoms with van der Waals surface area (Å²) in [5.74, 6) is 1.13. The van der Waals surface area contributed by atoms with Gasteiger partial charge in [0.2, 0.25) is 5.82 Å². The van der Waals surface area contributed by atoms with E-state index >= 15 is 0 Å². The molecule has 0 spiro atoms. The Morgan fingerprint density at radius 2 is 1.62 bits per heavy atom. The molecule has 0 saturated heterocycles. The van der Waals surface area contributed by atoms with Gasteiger partial charge in [-0.25, -0.2) is 4.39 Å². The van der Waals surface area contributed by atoms with Crippen molar-refractivity contribution in [3.05, 3.63) is 42.0 Å². The standard InChI is InChI=1S/C23H32F2O.2H2/c1-3-4-15-26-21-14-13-20(22(24)23(21)25)19-11-9-18(10-12-19)17-7-5-16(2)6-8-17;;/h3,13-14,16-19H,1,4-12,15H2,2H3;2*1H. The normalized spacial score (nSPS) is 29.3. The lowest BCUT2D eigenvalue weighted by Gasteiger charge is -2.37. The molecule has 0 radical (unpaired) electrons. The average molecular weight is 367 g/mol. The Kier molecular flexibility index (Phi) is 6.72. The van der Waals surface area contributed by atoms with Crippen LogP contribution in [0, 0.1) is 29.4 Å². The van der Waals surface area contributed by atoms with Gasteiger partial charge in [0.05, 0.1) is 6.61 Å². The second kappa shape index (κ2) is 9.01. The third-order valence-corrected chi connectivity index (χ3v) is 6.60. The maximum absolute atomic E-state index is 14.6. The molecule has 2 aliphatic rings. The van der Waals surface area contributed by atoms with E-state index in [1.54, 1.807) is 18.2 Å². The Balaban J connectivity index is 0.00000196. The molecule has 0 amide bonds. The fourth-order valence-corrected chi connectivity index (χ4v) is 4.88. The van der Waals surface area contributed by atoms with Crippen molar-refractivity contribution in [1.82, 2.24) is 0 Å². The van der Waals surface area contributed by atoms with E-state index in [0.717, 1.165) is 43.4 Å². The van der Waals surface area contributed by atoms with Gasteiger partial charge < -0.3 is 4.74 Å². The molecule has 0 unspecified atom stereocenters. The van der Waals surface area contributed by atoms with Gasteiger partial charge in [0.25, 0.3) is 0 Å². The van der Waals surface area contributed by atoms with E-state index < -0.39 is 11.6 Å². The van der Waals surface area contributed by atoms with Gasteiger partial charge >= 0.3 is 0 Å². The predicted molar refractivity (Wildman–Crippen MR) is 107 cm³/mol. The summed E-state index contributed by atoms with van der Waals surface area (Å²) in [6, 6.07) is 3.32. The van der Waals surface area contributed by atoms with E-state index in [1.807, 2.05) is 0 Å². The fourth-order valence-electron chi connectivity index (χ4n) is 4.88. The first-order valence-electron chi connectivity index (χ1n) is 10.3. The summed E-state index contributed by atoms with van der Waals surface area (Å²) in [7, 11) is 0. The summed E-state index contributed by atoms with van der Waals surface area (Å²) in [5, 5.41) is 0. The lowest BCUT2D eigenvalue weighted by Crippen LogP contribution is -2.25. The van der Waals surface area contributed by atoms with Crippen molar-refractivity contribution in [2.75, 3.05) is 6.61 Å². The smallest absolute Gasteiger partial charge is 0.200 e. The van der Waals surface area contributed by atoms with Crippen molar-refractivity contribution in [3.8, 4) is 5.75 Å². The van der Waals surface area contributed by atoms with Crippen LogP contribution in [0.1, 0.15) is 79.0 Å². The third-order valence-electron chi connectivity index (χ3n) is 6.60. The highest BCUT2D eigenvalue weighted by atomic mass is 19.2. The Morgan fingerprint density at radius 1 is 1.00 bits per heavy atom. The van der Waals surface area contributed by atoms with Gasteiger partial charge in [-0.1, -0.05) is 31.9 Å². The molecule has 2 saturated carbocycles. The van der Waals surface area contributed by atoms with E-state index in [9.17, 15) is 8.78 Å².